The number of primary amides is 1. The number of nitrogens with one attached hydrogen (secondary N) is 1. The summed E-state index contributed by atoms with van der Waals surface area (Å²) in [6.07, 6.45) is 4.31. The number of hydrogen-bond acceptors (Lipinski definition) is 3. The van der Waals surface area contributed by atoms with Crippen LogP contribution in [0.15, 0.2) is 24.3 Å². The van der Waals surface area contributed by atoms with Gasteiger partial charge in [-0.1, -0.05) is 12.1 Å². The van der Waals surface area contributed by atoms with Crippen molar-refractivity contribution in [3.8, 4) is 0 Å². The summed E-state index contributed by atoms with van der Waals surface area (Å²) in [6, 6.07) is 9.45. The van der Waals surface area contributed by atoms with Crippen molar-refractivity contribution in [3.05, 3.63) is 29.8 Å². The lowest BCUT2D eigenvalue weighted by atomic mass is 10.1. The van der Waals surface area contributed by atoms with Crippen LogP contribution in [0.2, 0.25) is 0 Å². The first-order valence-electron chi connectivity index (χ1n) is 7.08. The van der Waals surface area contributed by atoms with Gasteiger partial charge in [0, 0.05) is 30.9 Å². The molecule has 3 N–H and O–H groups in total. The number of benzene rings is 1. The fourth-order valence-electron chi connectivity index (χ4n) is 2.83. The molecule has 1 saturated carbocycles. The van der Waals surface area contributed by atoms with E-state index in [2.05, 4.69) is 10.2 Å². The van der Waals surface area contributed by atoms with Gasteiger partial charge in [-0.15, -0.1) is 0 Å². The first-order valence-corrected chi connectivity index (χ1v) is 7.08. The molecule has 2 aliphatic rings. The van der Waals surface area contributed by atoms with E-state index in [0.717, 1.165) is 23.8 Å². The topological polar surface area (TPSA) is 58.4 Å². The van der Waals surface area contributed by atoms with Gasteiger partial charge in [0.25, 0.3) is 0 Å². The van der Waals surface area contributed by atoms with E-state index in [9.17, 15) is 4.79 Å². The number of likely N-dealkylation sites (tertiary alicyclic amines) is 1. The van der Waals surface area contributed by atoms with Crippen LogP contribution in [-0.4, -0.2) is 36.0 Å². The predicted octanol–water partition coefficient (Wildman–Crippen LogP) is 1.36. The van der Waals surface area contributed by atoms with Crippen LogP contribution >= 0.6 is 0 Å². The molecule has 1 amide bonds. The zero-order valence-corrected chi connectivity index (χ0v) is 11.1. The molecule has 102 valence electrons. The normalized spacial score (nSPS) is 23.5. The lowest BCUT2D eigenvalue weighted by Gasteiger charge is -2.16. The zero-order valence-electron chi connectivity index (χ0n) is 11.1. The third kappa shape index (κ3) is 3.26. The number of rotatable bonds is 5. The minimum atomic E-state index is -0.281. The molecule has 1 aliphatic heterocycles. The van der Waals surface area contributed by atoms with Gasteiger partial charge in [-0.05, 0) is 37.0 Å². The Balaban J connectivity index is 1.53. The maximum absolute atomic E-state index is 10.8. The number of anilines is 1. The highest BCUT2D eigenvalue weighted by Gasteiger charge is 2.34. The Morgan fingerprint density at radius 3 is 2.63 bits per heavy atom. The van der Waals surface area contributed by atoms with Crippen LogP contribution in [0.4, 0.5) is 5.69 Å². The van der Waals surface area contributed by atoms with Gasteiger partial charge in [0.2, 0.25) is 5.91 Å². The SMILES string of the molecule is NC(=O)Cc1ccc(NC2CCN(C3CC3)C2)cc1. The van der Waals surface area contributed by atoms with Crippen molar-refractivity contribution in [1.29, 1.82) is 0 Å². The van der Waals surface area contributed by atoms with E-state index in [0.29, 0.717) is 12.5 Å². The van der Waals surface area contributed by atoms with Crippen LogP contribution in [0.25, 0.3) is 0 Å². The predicted molar refractivity (Wildman–Crippen MR) is 76.0 cm³/mol. The summed E-state index contributed by atoms with van der Waals surface area (Å²) in [7, 11) is 0. The largest absolute Gasteiger partial charge is 0.381 e. The van der Waals surface area contributed by atoms with E-state index in [-0.39, 0.29) is 5.91 Å². The van der Waals surface area contributed by atoms with Gasteiger partial charge in [0.1, 0.15) is 0 Å². The Kier molecular flexibility index (Phi) is 3.42. The van der Waals surface area contributed by atoms with Gasteiger partial charge >= 0.3 is 0 Å². The highest BCUT2D eigenvalue weighted by atomic mass is 16.1. The van der Waals surface area contributed by atoms with Gasteiger partial charge in [-0.3, -0.25) is 9.69 Å². The number of nitrogens with zero attached hydrogens (tertiary/aromatic N) is 1. The van der Waals surface area contributed by atoms with Gasteiger partial charge in [-0.2, -0.15) is 0 Å². The van der Waals surface area contributed by atoms with Crippen LogP contribution in [0.3, 0.4) is 0 Å². The van der Waals surface area contributed by atoms with E-state index >= 15 is 0 Å². The van der Waals surface area contributed by atoms with Gasteiger partial charge in [0.15, 0.2) is 0 Å². The van der Waals surface area contributed by atoms with Crippen molar-refractivity contribution in [1.82, 2.24) is 4.90 Å². The average Bonchev–Trinajstić information content (AvgIpc) is 3.12. The Morgan fingerprint density at radius 2 is 2.00 bits per heavy atom. The molecule has 19 heavy (non-hydrogen) atoms. The summed E-state index contributed by atoms with van der Waals surface area (Å²) in [5.74, 6) is -0.281. The molecular weight excluding hydrogens is 238 g/mol. The van der Waals surface area contributed by atoms with Crippen LogP contribution < -0.4 is 11.1 Å². The number of nitrogens with two attached hydrogens (primary N) is 1. The summed E-state index contributed by atoms with van der Waals surface area (Å²) in [6.45, 7) is 2.38. The van der Waals surface area contributed by atoms with Crippen LogP contribution in [0, 0.1) is 0 Å². The summed E-state index contributed by atoms with van der Waals surface area (Å²) >= 11 is 0. The first kappa shape index (κ1) is 12.5. The van der Waals surface area contributed by atoms with E-state index < -0.39 is 0 Å². The highest BCUT2D eigenvalue weighted by Crippen LogP contribution is 2.30. The molecular formula is C15H21N3O. The maximum atomic E-state index is 10.8. The van der Waals surface area contributed by atoms with Gasteiger partial charge in [-0.25, -0.2) is 0 Å². The van der Waals surface area contributed by atoms with E-state index in [1.165, 1.54) is 25.8 Å². The van der Waals surface area contributed by atoms with Crippen molar-refractivity contribution in [2.24, 2.45) is 5.73 Å². The standard InChI is InChI=1S/C15H21N3O/c16-15(19)9-11-1-3-12(4-2-11)17-13-7-8-18(10-13)14-5-6-14/h1-4,13-14,17H,5-10H2,(H2,16,19). The molecule has 0 bridgehead atoms. The molecule has 2 fully saturated rings. The molecule has 1 aliphatic carbocycles. The molecule has 4 nitrogen and oxygen atoms in total. The van der Waals surface area contributed by atoms with Crippen molar-refractivity contribution >= 4 is 11.6 Å². The van der Waals surface area contributed by atoms with E-state index in [1.54, 1.807) is 0 Å². The fraction of sp³-hybridized carbons (Fsp3) is 0.533. The second kappa shape index (κ2) is 5.21. The summed E-state index contributed by atoms with van der Waals surface area (Å²) in [5.41, 5.74) is 7.30. The Morgan fingerprint density at radius 1 is 1.26 bits per heavy atom. The van der Waals surface area contributed by atoms with Crippen LogP contribution in [0.5, 0.6) is 0 Å². The Labute approximate surface area is 114 Å². The molecule has 1 saturated heterocycles. The maximum Gasteiger partial charge on any atom is 0.221 e. The van der Waals surface area contributed by atoms with Gasteiger partial charge in [0.05, 0.1) is 6.42 Å². The molecule has 4 heteroatoms. The number of carbonyl (C=O) groups excluding carboxylic acids is 1. The molecule has 1 aromatic rings. The average molecular weight is 259 g/mol. The lowest BCUT2D eigenvalue weighted by Crippen LogP contribution is -2.27. The Bertz CT molecular complexity index is 453. The van der Waals surface area contributed by atoms with Gasteiger partial charge < -0.3 is 11.1 Å². The van der Waals surface area contributed by atoms with E-state index in [1.807, 2.05) is 24.3 Å². The molecule has 1 aromatic carbocycles. The quantitative estimate of drug-likeness (QED) is 0.839. The van der Waals surface area contributed by atoms with Crippen LogP contribution in [0.1, 0.15) is 24.8 Å². The number of hydrogen-bond donors (Lipinski definition) is 2. The first-order chi connectivity index (χ1) is 9.20. The van der Waals surface area contributed by atoms with Crippen molar-refractivity contribution in [3.63, 3.8) is 0 Å². The second-order valence-electron chi connectivity index (χ2n) is 5.70. The third-order valence-electron chi connectivity index (χ3n) is 3.99. The number of amides is 1. The smallest absolute Gasteiger partial charge is 0.221 e. The Hall–Kier alpha value is -1.55. The third-order valence-corrected chi connectivity index (χ3v) is 3.99. The molecule has 0 radical (unpaired) electrons. The second-order valence-corrected chi connectivity index (χ2v) is 5.70. The summed E-state index contributed by atoms with van der Waals surface area (Å²) < 4.78 is 0. The minimum Gasteiger partial charge on any atom is -0.381 e. The molecule has 1 atom stereocenters. The van der Waals surface area contributed by atoms with Crippen molar-refractivity contribution in [2.45, 2.75) is 37.8 Å². The monoisotopic (exact) mass is 259 g/mol. The highest BCUT2D eigenvalue weighted by molar-refractivity contribution is 5.76. The molecule has 1 unspecified atom stereocenters. The minimum absolute atomic E-state index is 0.281. The van der Waals surface area contributed by atoms with Crippen molar-refractivity contribution in [2.75, 3.05) is 18.4 Å². The van der Waals surface area contributed by atoms with Crippen LogP contribution in [-0.2, 0) is 11.2 Å². The molecule has 0 aromatic heterocycles. The lowest BCUT2D eigenvalue weighted by molar-refractivity contribution is -0.117. The fourth-order valence-corrected chi connectivity index (χ4v) is 2.83. The molecule has 1 heterocycles. The molecule has 0 spiro atoms. The van der Waals surface area contributed by atoms with Crippen molar-refractivity contribution < 1.29 is 4.79 Å². The summed E-state index contributed by atoms with van der Waals surface area (Å²) in [5, 5.41) is 3.58. The molecule has 3 rings (SSSR count). The zero-order chi connectivity index (χ0) is 13.2. The summed E-state index contributed by atoms with van der Waals surface area (Å²) in [4.78, 5) is 13.4. The van der Waals surface area contributed by atoms with E-state index in [4.69, 9.17) is 5.73 Å². The number of carbonyl (C=O) groups is 1.